The molecule has 0 bridgehead atoms. The third-order valence-electron chi connectivity index (χ3n) is 3.49. The Hall–Kier alpha value is -1.55. The van der Waals surface area contributed by atoms with Gasteiger partial charge in [-0.15, -0.1) is 0 Å². The zero-order chi connectivity index (χ0) is 13.9. The van der Waals surface area contributed by atoms with Crippen molar-refractivity contribution in [3.63, 3.8) is 0 Å². The Morgan fingerprint density at radius 2 is 2.21 bits per heavy atom. The highest BCUT2D eigenvalue weighted by molar-refractivity contribution is 5.81. The van der Waals surface area contributed by atoms with Crippen LogP contribution in [0.25, 0.3) is 0 Å². The molecule has 1 aliphatic rings. The summed E-state index contributed by atoms with van der Waals surface area (Å²) in [6.45, 7) is 6.09. The summed E-state index contributed by atoms with van der Waals surface area (Å²) in [6.07, 6.45) is 0.993. The molecule has 2 N–H and O–H groups in total. The summed E-state index contributed by atoms with van der Waals surface area (Å²) in [4.78, 5) is 11.7. The van der Waals surface area contributed by atoms with Gasteiger partial charge in [0.25, 0.3) is 0 Å². The van der Waals surface area contributed by atoms with Gasteiger partial charge in [-0.2, -0.15) is 0 Å². The van der Waals surface area contributed by atoms with E-state index in [2.05, 4.69) is 22.8 Å². The first-order valence-electron chi connectivity index (χ1n) is 6.70. The Kier molecular flexibility index (Phi) is 4.10. The van der Waals surface area contributed by atoms with E-state index in [9.17, 15) is 4.79 Å². The first kappa shape index (κ1) is 13.9. The number of hydrogen-bond donors (Lipinski definition) is 2. The minimum atomic E-state index is -0.394. The van der Waals surface area contributed by atoms with E-state index in [0.717, 1.165) is 25.3 Å². The summed E-state index contributed by atoms with van der Waals surface area (Å²) in [5.74, 6) is 1.07. The van der Waals surface area contributed by atoms with Crippen LogP contribution in [0.1, 0.15) is 25.0 Å². The summed E-state index contributed by atoms with van der Waals surface area (Å²) < 4.78 is 5.48. The maximum atomic E-state index is 11.7. The van der Waals surface area contributed by atoms with Crippen molar-refractivity contribution in [3.8, 4) is 5.75 Å². The predicted molar refractivity (Wildman–Crippen MR) is 75.2 cm³/mol. The van der Waals surface area contributed by atoms with Crippen molar-refractivity contribution in [2.75, 3.05) is 20.2 Å². The summed E-state index contributed by atoms with van der Waals surface area (Å²) in [5, 5.41) is 6.04. The molecule has 0 unspecified atom stereocenters. The van der Waals surface area contributed by atoms with E-state index in [0.29, 0.717) is 6.54 Å². The lowest BCUT2D eigenvalue weighted by molar-refractivity contribution is -0.128. The van der Waals surface area contributed by atoms with Crippen molar-refractivity contribution in [1.29, 1.82) is 0 Å². The van der Waals surface area contributed by atoms with Crippen molar-refractivity contribution in [2.24, 2.45) is 5.41 Å². The van der Waals surface area contributed by atoms with Crippen LogP contribution in [0.5, 0.6) is 5.75 Å². The zero-order valence-electron chi connectivity index (χ0n) is 11.9. The van der Waals surface area contributed by atoms with Crippen LogP contribution in [0.2, 0.25) is 0 Å². The molecule has 1 aliphatic heterocycles. The molecular weight excluding hydrogens is 240 g/mol. The number of fused-ring (bicyclic) bond motifs is 1. The van der Waals surface area contributed by atoms with E-state index < -0.39 is 5.41 Å². The molecule has 2 rings (SSSR count). The van der Waals surface area contributed by atoms with Gasteiger partial charge in [-0.1, -0.05) is 12.1 Å². The Labute approximate surface area is 114 Å². The second kappa shape index (κ2) is 5.61. The van der Waals surface area contributed by atoms with Crippen LogP contribution in [0, 0.1) is 5.41 Å². The topological polar surface area (TPSA) is 50.4 Å². The Morgan fingerprint density at radius 1 is 1.42 bits per heavy atom. The number of ether oxygens (including phenoxy) is 1. The van der Waals surface area contributed by atoms with Crippen molar-refractivity contribution in [1.82, 2.24) is 10.6 Å². The molecule has 0 fully saturated rings. The molecule has 1 aromatic rings. The monoisotopic (exact) mass is 262 g/mol. The van der Waals surface area contributed by atoms with Gasteiger partial charge in [0, 0.05) is 26.6 Å². The minimum Gasteiger partial charge on any atom is -0.493 e. The summed E-state index contributed by atoms with van der Waals surface area (Å²) >= 11 is 0. The van der Waals surface area contributed by atoms with Crippen molar-refractivity contribution in [3.05, 3.63) is 29.3 Å². The lowest BCUT2D eigenvalue weighted by atomic mass is 9.92. The number of hydrogen-bond acceptors (Lipinski definition) is 3. The molecule has 0 radical (unpaired) electrons. The highest BCUT2D eigenvalue weighted by atomic mass is 16.5. The van der Waals surface area contributed by atoms with Crippen LogP contribution < -0.4 is 15.4 Å². The largest absolute Gasteiger partial charge is 0.493 e. The van der Waals surface area contributed by atoms with E-state index >= 15 is 0 Å². The smallest absolute Gasteiger partial charge is 0.226 e. The Morgan fingerprint density at radius 3 is 2.95 bits per heavy atom. The van der Waals surface area contributed by atoms with Gasteiger partial charge in [-0.05, 0) is 31.0 Å². The van der Waals surface area contributed by atoms with E-state index in [4.69, 9.17) is 4.74 Å². The number of amides is 1. The Bertz CT molecular complexity index is 469. The summed E-state index contributed by atoms with van der Waals surface area (Å²) in [6, 6.07) is 6.29. The van der Waals surface area contributed by atoms with E-state index in [-0.39, 0.29) is 5.91 Å². The standard InChI is InChI=1S/C15H22N2O2/c1-15(2,14(18)16-3)10-17-9-11-4-5-13-12(8-11)6-7-19-13/h4-5,8,17H,6-7,9-10H2,1-3H3,(H,16,18). The van der Waals surface area contributed by atoms with Gasteiger partial charge in [-0.25, -0.2) is 0 Å². The minimum absolute atomic E-state index is 0.0577. The zero-order valence-corrected chi connectivity index (χ0v) is 11.9. The molecule has 0 aliphatic carbocycles. The second-order valence-corrected chi connectivity index (χ2v) is 5.61. The fourth-order valence-electron chi connectivity index (χ4n) is 2.29. The highest BCUT2D eigenvalue weighted by Crippen LogP contribution is 2.25. The predicted octanol–water partition coefficient (Wildman–Crippen LogP) is 1.48. The van der Waals surface area contributed by atoms with Crippen molar-refractivity contribution >= 4 is 5.91 Å². The van der Waals surface area contributed by atoms with E-state index in [1.54, 1.807) is 7.05 Å². The molecule has 19 heavy (non-hydrogen) atoms. The van der Waals surface area contributed by atoms with Crippen LogP contribution >= 0.6 is 0 Å². The van der Waals surface area contributed by atoms with Crippen molar-refractivity contribution < 1.29 is 9.53 Å². The molecule has 1 amide bonds. The molecule has 0 aromatic heterocycles. The van der Waals surface area contributed by atoms with E-state index in [1.165, 1.54) is 11.1 Å². The summed E-state index contributed by atoms with van der Waals surface area (Å²) in [5.41, 5.74) is 2.12. The number of benzene rings is 1. The number of carbonyl (C=O) groups excluding carboxylic acids is 1. The lowest BCUT2D eigenvalue weighted by Gasteiger charge is -2.23. The summed E-state index contributed by atoms with van der Waals surface area (Å²) in [7, 11) is 1.67. The van der Waals surface area contributed by atoms with Gasteiger partial charge < -0.3 is 15.4 Å². The Balaban J connectivity index is 1.88. The molecule has 1 aromatic carbocycles. The van der Waals surface area contributed by atoms with Crippen LogP contribution in [-0.4, -0.2) is 26.1 Å². The molecule has 4 heteroatoms. The first-order chi connectivity index (χ1) is 9.03. The van der Waals surface area contributed by atoms with Crippen LogP contribution in [0.3, 0.4) is 0 Å². The van der Waals surface area contributed by atoms with Crippen LogP contribution in [0.4, 0.5) is 0 Å². The van der Waals surface area contributed by atoms with E-state index in [1.807, 2.05) is 19.9 Å². The first-order valence-corrected chi connectivity index (χ1v) is 6.70. The van der Waals surface area contributed by atoms with Gasteiger partial charge in [0.05, 0.1) is 12.0 Å². The number of rotatable bonds is 5. The lowest BCUT2D eigenvalue weighted by Crippen LogP contribution is -2.41. The van der Waals surface area contributed by atoms with Crippen LogP contribution in [-0.2, 0) is 17.8 Å². The molecule has 0 saturated heterocycles. The SMILES string of the molecule is CNC(=O)C(C)(C)CNCc1ccc2c(c1)CCO2. The second-order valence-electron chi connectivity index (χ2n) is 5.61. The van der Waals surface area contributed by atoms with Crippen molar-refractivity contribution in [2.45, 2.75) is 26.8 Å². The van der Waals surface area contributed by atoms with Gasteiger partial charge in [0.15, 0.2) is 0 Å². The molecular formula is C15H22N2O2. The molecule has 4 nitrogen and oxygen atoms in total. The maximum Gasteiger partial charge on any atom is 0.226 e. The molecule has 1 heterocycles. The van der Waals surface area contributed by atoms with Gasteiger partial charge >= 0.3 is 0 Å². The fourth-order valence-corrected chi connectivity index (χ4v) is 2.29. The molecule has 0 spiro atoms. The average Bonchev–Trinajstić information content (AvgIpc) is 2.84. The molecule has 0 saturated carbocycles. The highest BCUT2D eigenvalue weighted by Gasteiger charge is 2.25. The van der Waals surface area contributed by atoms with Gasteiger partial charge in [-0.3, -0.25) is 4.79 Å². The fraction of sp³-hybridized carbons (Fsp3) is 0.533. The third-order valence-corrected chi connectivity index (χ3v) is 3.49. The molecule has 104 valence electrons. The van der Waals surface area contributed by atoms with Gasteiger partial charge in [0.1, 0.15) is 5.75 Å². The van der Waals surface area contributed by atoms with Gasteiger partial charge in [0.2, 0.25) is 5.91 Å². The average molecular weight is 262 g/mol. The number of carbonyl (C=O) groups is 1. The maximum absolute atomic E-state index is 11.7. The molecule has 0 atom stereocenters. The number of nitrogens with one attached hydrogen (secondary N) is 2. The normalized spacial score (nSPS) is 13.8. The third kappa shape index (κ3) is 3.26. The van der Waals surface area contributed by atoms with Crippen LogP contribution in [0.15, 0.2) is 18.2 Å². The quantitative estimate of drug-likeness (QED) is 0.845.